The van der Waals surface area contributed by atoms with Gasteiger partial charge in [0.05, 0.1) is 30.6 Å². The largest absolute Gasteiger partial charge is 0.394 e. The lowest BCUT2D eigenvalue weighted by atomic mass is 9.83. The first-order valence-corrected chi connectivity index (χ1v) is 17.5. The lowest BCUT2D eigenvalue weighted by Gasteiger charge is -2.36. The van der Waals surface area contributed by atoms with Crippen molar-refractivity contribution in [2.75, 3.05) is 16.4 Å². The van der Waals surface area contributed by atoms with Crippen LogP contribution in [-0.2, 0) is 45.9 Å². The Morgan fingerprint density at radius 1 is 0.939 bits per heavy atom. The molecule has 250 valence electrons. The van der Waals surface area contributed by atoms with Crippen LogP contribution >= 0.6 is 15.9 Å². The Bertz CT molecular complexity index is 1960. The molecule has 0 unspecified atom stereocenters. The molecule has 0 radical (unpaired) electrons. The number of benzene rings is 4. The normalized spacial score (nSPS) is 20.7. The van der Waals surface area contributed by atoms with Crippen molar-refractivity contribution in [3.63, 3.8) is 0 Å². The van der Waals surface area contributed by atoms with Gasteiger partial charge in [-0.05, 0) is 71.5 Å². The van der Waals surface area contributed by atoms with Crippen molar-refractivity contribution in [2.45, 2.75) is 57.3 Å². The number of para-hydroxylation sites is 1. The van der Waals surface area contributed by atoms with Crippen LogP contribution in [0.5, 0.6) is 0 Å². The zero-order valence-corrected chi connectivity index (χ0v) is 28.8. The zero-order valence-electron chi connectivity index (χ0n) is 27.3. The van der Waals surface area contributed by atoms with Gasteiger partial charge in [-0.15, -0.1) is 0 Å². The Morgan fingerprint density at radius 3 is 2.41 bits per heavy atom. The van der Waals surface area contributed by atoms with E-state index in [1.54, 1.807) is 39.8 Å². The van der Waals surface area contributed by atoms with Crippen LogP contribution in [0.25, 0.3) is 0 Å². The molecule has 0 spiro atoms. The highest BCUT2D eigenvalue weighted by Crippen LogP contribution is 2.47. The number of fused-ring (bicyclic) bond motifs is 3. The van der Waals surface area contributed by atoms with Gasteiger partial charge in [0.25, 0.3) is 5.91 Å². The Balaban J connectivity index is 1.08. The lowest BCUT2D eigenvalue weighted by molar-refractivity contribution is -0.139. The Kier molecular flexibility index (Phi) is 9.00. The number of carbonyl (C=O) groups is 3. The van der Waals surface area contributed by atoms with Crippen LogP contribution < -0.4 is 9.80 Å². The third-order valence-electron chi connectivity index (χ3n) is 10.1. The fourth-order valence-electron chi connectivity index (χ4n) is 7.39. The predicted octanol–water partition coefficient (Wildman–Crippen LogP) is 6.32. The summed E-state index contributed by atoms with van der Waals surface area (Å²) >= 11 is 3.51. The van der Waals surface area contributed by atoms with E-state index in [1.165, 1.54) is 0 Å². The molecule has 9 heteroatoms. The predicted molar refractivity (Wildman–Crippen MR) is 192 cm³/mol. The molecule has 8 nitrogen and oxygen atoms in total. The van der Waals surface area contributed by atoms with Crippen molar-refractivity contribution in [1.82, 2.24) is 4.90 Å². The highest BCUT2D eigenvalue weighted by molar-refractivity contribution is 9.10. The number of anilines is 3. The second kappa shape index (κ2) is 13.4. The monoisotopic (exact) mass is 719 g/mol. The molecule has 4 aromatic rings. The van der Waals surface area contributed by atoms with Crippen LogP contribution in [-0.4, -0.2) is 45.5 Å². The number of aliphatic hydroxyl groups is 2. The minimum Gasteiger partial charge on any atom is -0.394 e. The van der Waals surface area contributed by atoms with Gasteiger partial charge in [-0.25, -0.2) is 0 Å². The minimum atomic E-state index is -1.85. The number of amides is 3. The molecule has 3 heterocycles. The van der Waals surface area contributed by atoms with Crippen molar-refractivity contribution in [3.8, 4) is 0 Å². The van der Waals surface area contributed by atoms with Crippen LogP contribution in [0, 0.1) is 5.92 Å². The summed E-state index contributed by atoms with van der Waals surface area (Å²) in [5.74, 6) is -1.16. The molecular formula is C40H38BrN3O5. The topological polar surface area (TPSA) is 101 Å². The Hall–Kier alpha value is -4.57. The first-order chi connectivity index (χ1) is 23.7. The number of nitrogens with zero attached hydrogens (tertiary/aromatic N) is 3. The molecule has 2 N–H and O–H groups in total. The summed E-state index contributed by atoms with van der Waals surface area (Å²) < 4.78 is 0.738. The summed E-state index contributed by atoms with van der Waals surface area (Å²) in [6.45, 7) is 2.32. The van der Waals surface area contributed by atoms with Gasteiger partial charge in [-0.3, -0.25) is 19.3 Å². The smallest absolute Gasteiger partial charge is 0.264 e. The van der Waals surface area contributed by atoms with Crippen LogP contribution in [0.4, 0.5) is 17.1 Å². The third-order valence-corrected chi connectivity index (χ3v) is 10.6. The van der Waals surface area contributed by atoms with Gasteiger partial charge in [0.1, 0.15) is 0 Å². The van der Waals surface area contributed by atoms with E-state index in [9.17, 15) is 24.6 Å². The molecule has 0 aliphatic carbocycles. The van der Waals surface area contributed by atoms with Crippen LogP contribution in [0.3, 0.4) is 0 Å². The molecule has 3 amide bonds. The molecule has 49 heavy (non-hydrogen) atoms. The molecule has 3 atom stereocenters. The zero-order chi connectivity index (χ0) is 34.3. The standard InChI is InChI=1S/C40H38BrN3O5/c1-26(7-6-12-37(46)42-24-30-10-3-2-9-29(30)21-33(42)25-45)40(49)34-22-31(41)16-19-36(34)43(39(40)48)23-27-13-17-32(18-14-27)44-35-11-5-4-8-28(35)15-20-38(44)47/h2-11,13-14,16-19,22,26,33,45,49H,12,15,20-21,23-25H2,1H3/b7-6+/t26-,33-,40+/m0/s1. The molecule has 4 aromatic carbocycles. The fraction of sp³-hybridized carbons (Fsp3) is 0.275. The van der Waals surface area contributed by atoms with Crippen molar-refractivity contribution in [1.29, 1.82) is 0 Å². The molecule has 0 fully saturated rings. The first-order valence-electron chi connectivity index (χ1n) is 16.7. The van der Waals surface area contributed by atoms with Gasteiger partial charge in [-0.1, -0.05) is 89.6 Å². The molecule has 3 aliphatic rings. The number of rotatable bonds is 8. The number of hydrogen-bond acceptors (Lipinski definition) is 5. The van der Waals surface area contributed by atoms with E-state index in [2.05, 4.69) is 15.9 Å². The van der Waals surface area contributed by atoms with Crippen molar-refractivity contribution in [2.24, 2.45) is 5.92 Å². The van der Waals surface area contributed by atoms with E-state index in [4.69, 9.17) is 0 Å². The second-order valence-electron chi connectivity index (χ2n) is 13.1. The van der Waals surface area contributed by atoms with Crippen molar-refractivity contribution in [3.05, 3.63) is 135 Å². The lowest BCUT2D eigenvalue weighted by Crippen LogP contribution is -2.46. The molecule has 0 bridgehead atoms. The highest BCUT2D eigenvalue weighted by Gasteiger charge is 2.52. The van der Waals surface area contributed by atoms with E-state index in [1.807, 2.05) is 84.9 Å². The Morgan fingerprint density at radius 2 is 1.65 bits per heavy atom. The molecular weight excluding hydrogens is 682 g/mol. The van der Waals surface area contributed by atoms with Gasteiger partial charge in [0, 0.05) is 41.0 Å². The maximum atomic E-state index is 14.1. The second-order valence-corrected chi connectivity index (χ2v) is 14.0. The summed E-state index contributed by atoms with van der Waals surface area (Å²) in [6, 6.07) is 28.7. The third kappa shape index (κ3) is 6.00. The first kappa shape index (κ1) is 33.0. The van der Waals surface area contributed by atoms with Gasteiger partial charge in [0.2, 0.25) is 11.8 Å². The van der Waals surface area contributed by atoms with Crippen molar-refractivity contribution >= 4 is 50.7 Å². The molecule has 7 rings (SSSR count). The van der Waals surface area contributed by atoms with E-state index in [-0.39, 0.29) is 37.4 Å². The summed E-state index contributed by atoms with van der Waals surface area (Å²) in [5.41, 5.74) is 5.13. The molecule has 0 saturated heterocycles. The number of aryl methyl sites for hydroxylation is 1. The van der Waals surface area contributed by atoms with Crippen LogP contribution in [0.1, 0.15) is 47.6 Å². The quantitative estimate of drug-likeness (QED) is 0.208. The maximum Gasteiger partial charge on any atom is 0.264 e. The van der Waals surface area contributed by atoms with Gasteiger partial charge >= 0.3 is 0 Å². The van der Waals surface area contributed by atoms with Gasteiger partial charge in [0.15, 0.2) is 5.60 Å². The Labute approximate surface area is 294 Å². The van der Waals surface area contributed by atoms with E-state index >= 15 is 0 Å². The van der Waals surface area contributed by atoms with Gasteiger partial charge < -0.3 is 20.0 Å². The van der Waals surface area contributed by atoms with E-state index in [0.29, 0.717) is 30.6 Å². The van der Waals surface area contributed by atoms with Crippen LogP contribution in [0.2, 0.25) is 0 Å². The number of hydrogen-bond donors (Lipinski definition) is 2. The SMILES string of the molecule is C[C@@H](/C=C/CC(=O)N1Cc2ccccc2C[C@H]1CO)[C@]1(O)C(=O)N(Cc2ccc(N3C(=O)CCc4ccccc43)cc2)c2ccc(Br)cc21. The van der Waals surface area contributed by atoms with E-state index in [0.717, 1.165) is 44.5 Å². The maximum absolute atomic E-state index is 14.1. The highest BCUT2D eigenvalue weighted by atomic mass is 79.9. The summed E-state index contributed by atoms with van der Waals surface area (Å²) in [4.78, 5) is 45.5. The van der Waals surface area contributed by atoms with Crippen LogP contribution in [0.15, 0.2) is 108 Å². The number of carbonyl (C=O) groups excluding carboxylic acids is 3. The number of aliphatic hydroxyl groups excluding tert-OH is 1. The molecule has 3 aliphatic heterocycles. The fourth-order valence-corrected chi connectivity index (χ4v) is 7.75. The summed E-state index contributed by atoms with van der Waals surface area (Å²) in [7, 11) is 0. The summed E-state index contributed by atoms with van der Waals surface area (Å²) in [6.07, 6.45) is 5.30. The minimum absolute atomic E-state index is 0.0453. The average Bonchev–Trinajstić information content (AvgIpc) is 3.33. The summed E-state index contributed by atoms with van der Waals surface area (Å²) in [5, 5.41) is 22.2. The van der Waals surface area contributed by atoms with E-state index < -0.39 is 17.4 Å². The average molecular weight is 721 g/mol. The van der Waals surface area contributed by atoms with Gasteiger partial charge in [-0.2, -0.15) is 0 Å². The molecule has 0 saturated carbocycles. The molecule has 0 aromatic heterocycles. The number of halogens is 1. The van der Waals surface area contributed by atoms with Crippen molar-refractivity contribution < 1.29 is 24.6 Å².